The van der Waals surface area contributed by atoms with E-state index in [4.69, 9.17) is 19.2 Å². The fourth-order valence-electron chi connectivity index (χ4n) is 0. The fraction of sp³-hybridized carbons (Fsp3) is 1.00. The van der Waals surface area contributed by atoms with E-state index in [1.54, 1.807) is 0 Å². The smallest absolute Gasteiger partial charge is 0.426 e. The quantitative estimate of drug-likeness (QED) is 0.406. The molecule has 0 bridgehead atoms. The zero-order chi connectivity index (χ0) is 12.5. The van der Waals surface area contributed by atoms with Gasteiger partial charge >= 0.3 is 107 Å². The third kappa shape index (κ3) is 267. The average Bonchev–Trinajstić information content (AvgIpc) is 2.14. The van der Waals surface area contributed by atoms with Gasteiger partial charge in [-0.3, -0.25) is 0 Å². The Hall–Kier alpha value is 3.12. The van der Waals surface area contributed by atoms with Crippen LogP contribution in [-0.2, 0) is 0 Å². The molecule has 0 atom stereocenters. The molecule has 4 nitrogen and oxygen atoms in total. The van der Waals surface area contributed by atoms with Crippen LogP contribution in [0.1, 0.15) is 0 Å². The number of hydrogen-bond donors (Lipinski definition) is 0. The molecule has 0 saturated carbocycles. The fourth-order valence-corrected chi connectivity index (χ4v) is 0. The Morgan fingerprint density at radius 3 is 0.538 bits per heavy atom. The Balaban J connectivity index is -0.0000000230. The Bertz CT molecular complexity index is 39.6. The van der Waals surface area contributed by atoms with Gasteiger partial charge in [-0.05, 0) is 0 Å². The van der Waals surface area contributed by atoms with Crippen molar-refractivity contribution in [2.75, 3.05) is 0 Å². The minimum Gasteiger partial charge on any atom is -0.894 e. The van der Waals surface area contributed by atoms with Crippen LogP contribution in [0.25, 0.3) is 0 Å². The molecular weight excluding hydrogens is 237 g/mol. The third-order valence-electron chi connectivity index (χ3n) is 0. The molecule has 0 aliphatic rings. The first kappa shape index (κ1) is 29.8. The van der Waals surface area contributed by atoms with Crippen LogP contribution in [0.5, 0.6) is 0 Å². The molecule has 0 aromatic carbocycles. The van der Waals surface area contributed by atoms with Gasteiger partial charge in [0.2, 0.25) is 0 Å². The Kier molecular flexibility index (Phi) is 83.1. The van der Waals surface area contributed by atoms with Crippen LogP contribution in [0.2, 0.25) is 20.2 Å². The molecule has 0 amide bonds. The first-order valence-corrected chi connectivity index (χ1v) is 10.9. The van der Waals surface area contributed by atoms with Crippen molar-refractivity contribution < 1.29 is 19.2 Å². The van der Waals surface area contributed by atoms with Gasteiger partial charge in [0.25, 0.3) is 0 Å². The summed E-state index contributed by atoms with van der Waals surface area (Å²) in [5.74, 6) is 0. The van der Waals surface area contributed by atoms with Crippen LogP contribution in [0, 0.1) is 0 Å². The predicted octanol–water partition coefficient (Wildman–Crippen LogP) is -4.32. The van der Waals surface area contributed by atoms with Crippen molar-refractivity contribution in [1.82, 2.24) is 0 Å². The van der Waals surface area contributed by atoms with Gasteiger partial charge in [-0.2, -0.15) is 0 Å². The minimum atomic E-state index is -5.61. The molecule has 0 aromatic heterocycles. The van der Waals surface area contributed by atoms with Gasteiger partial charge in [0.15, 0.2) is 0 Å². The second-order valence-corrected chi connectivity index (χ2v) is 1.50. The van der Waals surface area contributed by atoms with Gasteiger partial charge in [0.1, 0.15) is 0 Å². The summed E-state index contributed by atoms with van der Waals surface area (Å²) in [7, 11) is -5.61. The normalized spacial score (nSPS) is 6.77. The van der Waals surface area contributed by atoms with Gasteiger partial charge < -0.3 is 28.2 Å². The summed E-state index contributed by atoms with van der Waals surface area (Å²) in [4.78, 5) is 34.3. The van der Waals surface area contributed by atoms with Crippen LogP contribution >= 0.6 is 0 Å². The molecule has 64 valence electrons. The Morgan fingerprint density at radius 2 is 0.538 bits per heavy atom. The van der Waals surface area contributed by atoms with Crippen molar-refractivity contribution >= 4 is 95.9 Å². The topological polar surface area (TPSA) is 92.2 Å². The van der Waals surface area contributed by atoms with Crippen LogP contribution in [-0.4, -0.2) is 95.9 Å². The molecular formula is C4H12Mg4O4Si. The summed E-state index contributed by atoms with van der Waals surface area (Å²) < 4.78 is 0. The molecule has 9 heteroatoms. The predicted molar refractivity (Wildman–Crippen MR) is 52.2 cm³/mol. The van der Waals surface area contributed by atoms with Gasteiger partial charge in [-0.25, -0.2) is 0 Å². The van der Waals surface area contributed by atoms with Crippen LogP contribution < -0.4 is 19.2 Å². The molecule has 0 heterocycles. The second kappa shape index (κ2) is 36.2. The van der Waals surface area contributed by atoms with Crippen molar-refractivity contribution in [1.29, 1.82) is 0 Å². The molecule has 0 fully saturated rings. The summed E-state index contributed by atoms with van der Waals surface area (Å²) in [6, 6.07) is 0. The average molecular weight is 249 g/mol. The second-order valence-electron chi connectivity index (χ2n) is 0.500. The van der Waals surface area contributed by atoms with Gasteiger partial charge in [-0.15, -0.1) is 0 Å². The molecule has 0 aliphatic carbocycles. The number of hydrogen-bond acceptors (Lipinski definition) is 4. The van der Waals surface area contributed by atoms with E-state index in [9.17, 15) is 0 Å². The first-order valence-electron chi connectivity index (χ1n) is 3.64. The van der Waals surface area contributed by atoms with E-state index >= 15 is 0 Å². The molecule has 0 spiro atoms. The monoisotopic (exact) mass is 248 g/mol. The molecule has 0 radical (unpaired) electrons. The Labute approximate surface area is 133 Å². The van der Waals surface area contributed by atoms with E-state index in [0.29, 0.717) is 0 Å². The van der Waals surface area contributed by atoms with E-state index in [1.807, 2.05) is 107 Å². The van der Waals surface area contributed by atoms with Gasteiger partial charge in [0, 0.05) is 0 Å². The Morgan fingerprint density at radius 1 is 0.538 bits per heavy atom. The van der Waals surface area contributed by atoms with Crippen LogP contribution in [0.3, 0.4) is 0 Å². The molecule has 13 heavy (non-hydrogen) atoms. The third-order valence-corrected chi connectivity index (χ3v) is 0. The molecule has 0 N–H and O–H groups in total. The zero-order valence-corrected chi connectivity index (χ0v) is 15.6. The van der Waals surface area contributed by atoms with Crippen molar-refractivity contribution in [2.45, 2.75) is 20.2 Å². The number of rotatable bonds is 0. The first-order chi connectivity index (χ1) is 6.00. The van der Waals surface area contributed by atoms with E-state index in [-0.39, 0.29) is 0 Å². The summed E-state index contributed by atoms with van der Waals surface area (Å²) in [6.45, 7) is 0. The van der Waals surface area contributed by atoms with Crippen molar-refractivity contribution in [3.8, 4) is 0 Å². The van der Waals surface area contributed by atoms with Crippen molar-refractivity contribution in [3.05, 3.63) is 0 Å². The van der Waals surface area contributed by atoms with E-state index in [2.05, 4.69) is 0 Å². The maximum atomic E-state index is 8.58. The van der Waals surface area contributed by atoms with E-state index < -0.39 is 9.05 Å². The van der Waals surface area contributed by atoms with Gasteiger partial charge in [0.05, 0.1) is 0 Å². The molecule has 0 unspecified atom stereocenters. The SMILES string of the molecule is [CH3][Mg+].[CH3][Mg+].[CH3][Mg+].[CH3][Mg+].[O-][Si]([O-])([O-])[O-]. The maximum Gasteiger partial charge on any atom is -0.426 e. The summed E-state index contributed by atoms with van der Waals surface area (Å²) >= 11 is 7.44. The largest absolute Gasteiger partial charge is 0.894 e. The van der Waals surface area contributed by atoms with Crippen molar-refractivity contribution in [2.24, 2.45) is 0 Å². The summed E-state index contributed by atoms with van der Waals surface area (Å²) in [5.41, 5.74) is 0. The molecule has 0 aromatic rings. The van der Waals surface area contributed by atoms with Crippen molar-refractivity contribution in [3.63, 3.8) is 0 Å². The van der Waals surface area contributed by atoms with E-state index in [1.165, 1.54) is 0 Å². The molecule has 0 saturated heterocycles. The zero-order valence-electron chi connectivity index (χ0n) is 8.96. The summed E-state index contributed by atoms with van der Waals surface area (Å²) in [6.07, 6.45) is 0. The maximum absolute atomic E-state index is 8.58. The van der Waals surface area contributed by atoms with E-state index in [0.717, 1.165) is 0 Å². The summed E-state index contributed by atoms with van der Waals surface area (Å²) in [5, 5.41) is 8.11. The van der Waals surface area contributed by atoms with Gasteiger partial charge in [-0.1, -0.05) is 0 Å². The standard InChI is InChI=1S/4CH3.4Mg.O4Si/c;;;;;;;;1-5(2,3)4/h4*1H3;;;;;/q;;;;4*+1;-4. The molecule has 0 rings (SSSR count). The van der Waals surface area contributed by atoms with Crippen LogP contribution in [0.4, 0.5) is 0 Å². The minimum absolute atomic E-state index is 1.86. The molecule has 0 aliphatic heterocycles. The van der Waals surface area contributed by atoms with Crippen LogP contribution in [0.15, 0.2) is 0 Å².